The quantitative estimate of drug-likeness (QED) is 0.164. The lowest BCUT2D eigenvalue weighted by atomic mass is 9.47. The zero-order valence-electron chi connectivity index (χ0n) is 23.8. The van der Waals surface area contributed by atoms with Gasteiger partial charge in [-0.2, -0.15) is 0 Å². The molecule has 5 aromatic carbocycles. The zero-order valence-corrected chi connectivity index (χ0v) is 23.8. The Labute approximate surface area is 250 Å². The number of hydrogen-bond donors (Lipinski definition) is 0. The molecule has 1 fully saturated rings. The van der Waals surface area contributed by atoms with Crippen LogP contribution in [0.25, 0.3) is 10.8 Å². The van der Waals surface area contributed by atoms with Crippen LogP contribution >= 0.6 is 0 Å². The first kappa shape index (κ1) is 25.7. The summed E-state index contributed by atoms with van der Waals surface area (Å²) in [7, 11) is 0. The van der Waals surface area contributed by atoms with Gasteiger partial charge in [-0.05, 0) is 69.8 Å². The summed E-state index contributed by atoms with van der Waals surface area (Å²) in [6, 6.07) is 38.5. The molecule has 3 aliphatic carbocycles. The van der Waals surface area contributed by atoms with E-state index in [-0.39, 0.29) is 17.7 Å². The molecule has 0 saturated carbocycles. The summed E-state index contributed by atoms with van der Waals surface area (Å²) in [6.45, 7) is 2.95. The maximum Gasteiger partial charge on any atom is 0.239 e. The van der Waals surface area contributed by atoms with Crippen molar-refractivity contribution in [3.05, 3.63) is 143 Å². The van der Waals surface area contributed by atoms with Crippen LogP contribution in [0, 0.1) is 11.8 Å². The van der Waals surface area contributed by atoms with Gasteiger partial charge in [-0.3, -0.25) is 14.6 Å². The first-order valence-electron chi connectivity index (χ1n) is 14.9. The van der Waals surface area contributed by atoms with Gasteiger partial charge in [0.05, 0.1) is 36.1 Å². The highest BCUT2D eigenvalue weighted by Gasteiger charge is 2.67. The van der Waals surface area contributed by atoms with Gasteiger partial charge in [-0.15, -0.1) is 0 Å². The summed E-state index contributed by atoms with van der Waals surface area (Å²) in [4.78, 5) is 35.5. The summed E-state index contributed by atoms with van der Waals surface area (Å²) < 4.78 is 5.62. The number of amides is 2. The molecule has 1 aliphatic heterocycles. The molecule has 0 aromatic heterocycles. The Bertz CT molecular complexity index is 1890. The van der Waals surface area contributed by atoms with Crippen molar-refractivity contribution in [3.8, 4) is 5.75 Å². The lowest BCUT2D eigenvalue weighted by Crippen LogP contribution is -2.54. The fraction of sp³-hybridized carbons (Fsp3) is 0.184. The van der Waals surface area contributed by atoms with Crippen molar-refractivity contribution in [1.29, 1.82) is 0 Å². The van der Waals surface area contributed by atoms with Gasteiger partial charge in [0.15, 0.2) is 0 Å². The Morgan fingerprint density at radius 2 is 1.42 bits per heavy atom. The Hall–Kier alpha value is -5.03. The van der Waals surface area contributed by atoms with E-state index in [0.717, 1.165) is 27.8 Å². The van der Waals surface area contributed by atoms with Gasteiger partial charge >= 0.3 is 0 Å². The van der Waals surface area contributed by atoms with Crippen molar-refractivity contribution in [1.82, 2.24) is 0 Å². The molecule has 2 atom stereocenters. The number of ether oxygens (including phenoxy) is 1. The lowest BCUT2D eigenvalue weighted by molar-refractivity contribution is -0.122. The van der Waals surface area contributed by atoms with E-state index in [0.29, 0.717) is 24.6 Å². The van der Waals surface area contributed by atoms with Gasteiger partial charge in [-0.1, -0.05) is 91.0 Å². The number of fused-ring (bicyclic) bond motifs is 1. The van der Waals surface area contributed by atoms with E-state index < -0.39 is 17.3 Å². The van der Waals surface area contributed by atoms with Crippen molar-refractivity contribution in [2.75, 3.05) is 11.5 Å². The van der Waals surface area contributed by atoms with Crippen molar-refractivity contribution in [3.63, 3.8) is 0 Å². The Balaban J connectivity index is 1.29. The van der Waals surface area contributed by atoms with Gasteiger partial charge in [0.1, 0.15) is 5.75 Å². The summed E-state index contributed by atoms with van der Waals surface area (Å²) in [6.07, 6.45) is 1.99. The fourth-order valence-corrected chi connectivity index (χ4v) is 7.88. The molecule has 5 aromatic rings. The monoisotopic (exact) mass is 562 g/mol. The van der Waals surface area contributed by atoms with Gasteiger partial charge in [0.2, 0.25) is 11.8 Å². The largest absolute Gasteiger partial charge is 0.494 e. The third kappa shape index (κ3) is 3.61. The fourth-order valence-electron chi connectivity index (χ4n) is 7.88. The predicted octanol–water partition coefficient (Wildman–Crippen LogP) is 7.06. The molecule has 1 heterocycles. The molecule has 0 spiro atoms. The first-order valence-corrected chi connectivity index (χ1v) is 14.9. The number of carbonyl (C=O) groups is 2. The maximum absolute atomic E-state index is 14.6. The minimum Gasteiger partial charge on any atom is -0.494 e. The molecule has 0 N–H and O–H groups in total. The van der Waals surface area contributed by atoms with Gasteiger partial charge in [0.25, 0.3) is 0 Å². The molecule has 43 heavy (non-hydrogen) atoms. The van der Waals surface area contributed by atoms with Gasteiger partial charge < -0.3 is 4.74 Å². The average Bonchev–Trinajstić information content (AvgIpc) is 3.32. The predicted molar refractivity (Wildman–Crippen MR) is 169 cm³/mol. The summed E-state index contributed by atoms with van der Waals surface area (Å²) >= 11 is 0. The molecular formula is C38H30N2O3. The Morgan fingerprint density at radius 3 is 2.14 bits per heavy atom. The first-order chi connectivity index (χ1) is 21.1. The normalized spacial score (nSPS) is 23.5. The van der Waals surface area contributed by atoms with Crippen molar-refractivity contribution in [2.45, 2.75) is 24.8 Å². The van der Waals surface area contributed by atoms with Crippen LogP contribution in [0.4, 0.5) is 5.69 Å². The summed E-state index contributed by atoms with van der Waals surface area (Å²) in [5.74, 6) is -0.940. The lowest BCUT2D eigenvalue weighted by Gasteiger charge is -2.52. The number of imide groups is 1. The molecule has 0 unspecified atom stereocenters. The van der Waals surface area contributed by atoms with E-state index >= 15 is 0 Å². The molecule has 5 heteroatoms. The minimum absolute atomic E-state index is 0.153. The summed E-state index contributed by atoms with van der Waals surface area (Å²) in [5, 5.41) is 2.34. The second-order valence-electron chi connectivity index (χ2n) is 11.6. The van der Waals surface area contributed by atoms with Crippen LogP contribution in [-0.2, 0) is 21.5 Å². The third-order valence-electron chi connectivity index (χ3n) is 9.53. The third-order valence-corrected chi connectivity index (χ3v) is 9.53. The van der Waals surface area contributed by atoms with E-state index in [1.807, 2.05) is 73.8 Å². The second kappa shape index (κ2) is 9.77. The van der Waals surface area contributed by atoms with Crippen LogP contribution in [0.15, 0.2) is 120 Å². The molecule has 0 radical (unpaired) electrons. The number of carbonyl (C=O) groups excluding carboxylic acids is 2. The minimum atomic E-state index is -0.871. The van der Waals surface area contributed by atoms with Crippen LogP contribution in [0.3, 0.4) is 0 Å². The standard InChI is InChI=1S/C38H30N2O3/c1-2-43-27-20-18-26(19-21-27)40-36(41)34-33-29-14-5-7-16-31(29)38(35(34)37(40)42,32-17-8-6-15-30(32)33)23-39-22-25-12-9-11-24-10-3-4-13-28(24)25/h3-21,23,33-35H,2,22H2,1H3/t33?,34-,35+,38?/m1/s1. The van der Waals surface area contributed by atoms with Crippen LogP contribution in [0.1, 0.15) is 40.7 Å². The average molecular weight is 563 g/mol. The maximum atomic E-state index is 14.6. The number of hydrogen-bond acceptors (Lipinski definition) is 4. The summed E-state index contributed by atoms with van der Waals surface area (Å²) in [5.41, 5.74) is 5.17. The van der Waals surface area contributed by atoms with Crippen LogP contribution in [0.5, 0.6) is 5.75 Å². The molecule has 210 valence electrons. The highest BCUT2D eigenvalue weighted by Crippen LogP contribution is 2.63. The van der Waals surface area contributed by atoms with Crippen molar-refractivity contribution in [2.24, 2.45) is 16.8 Å². The molecular weight excluding hydrogens is 532 g/mol. The number of nitrogens with zero attached hydrogens (tertiary/aromatic N) is 2. The highest BCUT2D eigenvalue weighted by atomic mass is 16.5. The highest BCUT2D eigenvalue weighted by molar-refractivity contribution is 6.25. The van der Waals surface area contributed by atoms with E-state index in [2.05, 4.69) is 54.6 Å². The number of benzene rings is 5. The number of aliphatic imine (C=N–C) groups is 1. The SMILES string of the molecule is CCOc1ccc(N2C(=O)[C@@H]3C4c5ccccc5C(C=NCc5cccc6ccccc56)(c5ccccc54)[C@@H]3C2=O)cc1. The number of rotatable bonds is 6. The van der Waals surface area contributed by atoms with E-state index in [1.165, 1.54) is 15.7 Å². The molecule has 4 aliphatic rings. The topological polar surface area (TPSA) is 59.0 Å². The molecule has 9 rings (SSSR count). The zero-order chi connectivity index (χ0) is 29.1. The smallest absolute Gasteiger partial charge is 0.239 e. The van der Waals surface area contributed by atoms with Gasteiger partial charge in [0, 0.05) is 12.1 Å². The molecule has 5 nitrogen and oxygen atoms in total. The Kier molecular flexibility index (Phi) is 5.83. The molecule has 1 saturated heterocycles. The van der Waals surface area contributed by atoms with E-state index in [9.17, 15) is 9.59 Å². The van der Waals surface area contributed by atoms with Crippen LogP contribution in [-0.4, -0.2) is 24.6 Å². The van der Waals surface area contributed by atoms with Crippen molar-refractivity contribution < 1.29 is 14.3 Å². The van der Waals surface area contributed by atoms with Gasteiger partial charge in [-0.25, -0.2) is 4.90 Å². The number of anilines is 1. The van der Waals surface area contributed by atoms with Crippen LogP contribution in [0.2, 0.25) is 0 Å². The molecule has 2 bridgehead atoms. The molecule has 2 amide bonds. The van der Waals surface area contributed by atoms with E-state index in [4.69, 9.17) is 9.73 Å². The van der Waals surface area contributed by atoms with Crippen molar-refractivity contribution >= 4 is 34.5 Å². The second-order valence-corrected chi connectivity index (χ2v) is 11.6. The van der Waals surface area contributed by atoms with E-state index in [1.54, 1.807) is 0 Å². The Morgan fingerprint density at radius 1 is 0.767 bits per heavy atom. The van der Waals surface area contributed by atoms with Crippen LogP contribution < -0.4 is 9.64 Å².